The highest BCUT2D eigenvalue weighted by Crippen LogP contribution is 2.18. The van der Waals surface area contributed by atoms with E-state index in [0.717, 1.165) is 0 Å². The number of rotatable bonds is 3. The fraction of sp³-hybridized carbons (Fsp3) is 0. The minimum atomic E-state index is -0.608. The standard InChI is InChI=1S/C16H12N4O2/c17-15(21)11-6-2-4-8-13(11)20-16(22)14-10-5-1-3-7-12(10)18-9-19-14/h1-9H,(H2,17,21)(H,20,22). The van der Waals surface area contributed by atoms with Crippen LogP contribution in [0.4, 0.5) is 5.69 Å². The van der Waals surface area contributed by atoms with Crippen LogP contribution in [0.5, 0.6) is 0 Å². The van der Waals surface area contributed by atoms with Crippen molar-refractivity contribution in [1.82, 2.24) is 9.97 Å². The van der Waals surface area contributed by atoms with Crippen molar-refractivity contribution in [2.45, 2.75) is 0 Å². The molecule has 0 aliphatic rings. The fourth-order valence-corrected chi connectivity index (χ4v) is 2.17. The smallest absolute Gasteiger partial charge is 0.275 e. The Morgan fingerprint density at radius 1 is 0.955 bits per heavy atom. The summed E-state index contributed by atoms with van der Waals surface area (Å²) in [5.41, 5.74) is 6.81. The van der Waals surface area contributed by atoms with E-state index in [1.807, 2.05) is 6.07 Å². The quantitative estimate of drug-likeness (QED) is 0.771. The van der Waals surface area contributed by atoms with Crippen molar-refractivity contribution in [3.63, 3.8) is 0 Å². The maximum atomic E-state index is 12.4. The first-order chi connectivity index (χ1) is 10.7. The number of benzene rings is 2. The van der Waals surface area contributed by atoms with Crippen LogP contribution < -0.4 is 11.1 Å². The Morgan fingerprint density at radius 2 is 1.68 bits per heavy atom. The minimum Gasteiger partial charge on any atom is -0.366 e. The van der Waals surface area contributed by atoms with Gasteiger partial charge in [0.2, 0.25) is 0 Å². The SMILES string of the molecule is NC(=O)c1ccccc1NC(=O)c1ncnc2ccccc12. The molecule has 1 aromatic heterocycles. The topological polar surface area (TPSA) is 98.0 Å². The highest BCUT2D eigenvalue weighted by molar-refractivity contribution is 6.12. The van der Waals surface area contributed by atoms with Crippen LogP contribution in [0.1, 0.15) is 20.8 Å². The van der Waals surface area contributed by atoms with Gasteiger partial charge in [-0.3, -0.25) is 9.59 Å². The predicted molar refractivity (Wildman–Crippen MR) is 82.5 cm³/mol. The number of primary amides is 1. The summed E-state index contributed by atoms with van der Waals surface area (Å²) in [5.74, 6) is -1.03. The van der Waals surface area contributed by atoms with Gasteiger partial charge in [-0.2, -0.15) is 0 Å². The Kier molecular flexibility index (Phi) is 3.49. The molecule has 22 heavy (non-hydrogen) atoms. The summed E-state index contributed by atoms with van der Waals surface area (Å²) in [7, 11) is 0. The zero-order valence-corrected chi connectivity index (χ0v) is 11.5. The normalized spacial score (nSPS) is 10.4. The average molecular weight is 292 g/mol. The lowest BCUT2D eigenvalue weighted by Gasteiger charge is -2.09. The monoisotopic (exact) mass is 292 g/mol. The minimum absolute atomic E-state index is 0.241. The Labute approximate surface area is 126 Å². The molecular formula is C16H12N4O2. The van der Waals surface area contributed by atoms with Crippen LogP contribution in [-0.2, 0) is 0 Å². The molecule has 0 spiro atoms. The number of para-hydroxylation sites is 2. The molecular weight excluding hydrogens is 280 g/mol. The van der Waals surface area contributed by atoms with Gasteiger partial charge >= 0.3 is 0 Å². The first-order valence-corrected chi connectivity index (χ1v) is 6.57. The Hall–Kier alpha value is -3.28. The molecule has 3 N–H and O–H groups in total. The lowest BCUT2D eigenvalue weighted by molar-refractivity contribution is 0.100. The van der Waals surface area contributed by atoms with Crippen molar-refractivity contribution >= 4 is 28.4 Å². The van der Waals surface area contributed by atoms with Crippen molar-refractivity contribution in [3.8, 4) is 0 Å². The van der Waals surface area contributed by atoms with Gasteiger partial charge in [0.15, 0.2) is 0 Å². The summed E-state index contributed by atoms with van der Waals surface area (Å²) in [4.78, 5) is 32.0. The van der Waals surface area contributed by atoms with Gasteiger partial charge in [0.1, 0.15) is 12.0 Å². The van der Waals surface area contributed by atoms with Crippen LogP contribution in [-0.4, -0.2) is 21.8 Å². The van der Waals surface area contributed by atoms with Crippen molar-refractivity contribution < 1.29 is 9.59 Å². The third-order valence-corrected chi connectivity index (χ3v) is 3.20. The molecule has 2 amide bonds. The molecule has 3 rings (SSSR count). The number of nitrogens with two attached hydrogens (primary N) is 1. The molecule has 0 fully saturated rings. The van der Waals surface area contributed by atoms with E-state index in [4.69, 9.17) is 5.73 Å². The van der Waals surface area contributed by atoms with E-state index < -0.39 is 11.8 Å². The predicted octanol–water partition coefficient (Wildman–Crippen LogP) is 1.98. The summed E-state index contributed by atoms with van der Waals surface area (Å²) in [6, 6.07) is 13.8. The maximum Gasteiger partial charge on any atom is 0.275 e. The van der Waals surface area contributed by atoms with Gasteiger partial charge in [0, 0.05) is 5.39 Å². The van der Waals surface area contributed by atoms with E-state index in [2.05, 4.69) is 15.3 Å². The molecule has 3 aromatic rings. The number of anilines is 1. The first-order valence-electron chi connectivity index (χ1n) is 6.57. The van der Waals surface area contributed by atoms with Gasteiger partial charge in [0.05, 0.1) is 16.8 Å². The largest absolute Gasteiger partial charge is 0.366 e. The average Bonchev–Trinajstić information content (AvgIpc) is 2.54. The molecule has 6 nitrogen and oxygen atoms in total. The summed E-state index contributed by atoms with van der Waals surface area (Å²) < 4.78 is 0. The van der Waals surface area contributed by atoms with Gasteiger partial charge in [-0.1, -0.05) is 30.3 Å². The number of nitrogens with one attached hydrogen (secondary N) is 1. The lowest BCUT2D eigenvalue weighted by atomic mass is 10.1. The summed E-state index contributed by atoms with van der Waals surface area (Å²) in [6.07, 6.45) is 1.33. The maximum absolute atomic E-state index is 12.4. The highest BCUT2D eigenvalue weighted by Gasteiger charge is 2.15. The number of hydrogen-bond donors (Lipinski definition) is 2. The Balaban J connectivity index is 2.00. The van der Waals surface area contributed by atoms with Gasteiger partial charge in [-0.05, 0) is 18.2 Å². The molecule has 0 bridgehead atoms. The second kappa shape index (κ2) is 5.61. The fourth-order valence-electron chi connectivity index (χ4n) is 2.17. The van der Waals surface area contributed by atoms with Crippen LogP contribution in [0.2, 0.25) is 0 Å². The van der Waals surface area contributed by atoms with Crippen LogP contribution in [0.3, 0.4) is 0 Å². The lowest BCUT2D eigenvalue weighted by Crippen LogP contribution is -2.19. The second-order valence-electron chi connectivity index (χ2n) is 4.60. The van der Waals surface area contributed by atoms with Crippen LogP contribution in [0.15, 0.2) is 54.9 Å². The molecule has 0 saturated heterocycles. The number of carbonyl (C=O) groups excluding carboxylic acids is 2. The highest BCUT2D eigenvalue weighted by atomic mass is 16.2. The number of aromatic nitrogens is 2. The first kappa shape index (κ1) is 13.7. The molecule has 0 atom stereocenters. The number of amides is 2. The van der Waals surface area contributed by atoms with E-state index >= 15 is 0 Å². The number of hydrogen-bond acceptors (Lipinski definition) is 4. The molecule has 0 aliphatic carbocycles. The summed E-state index contributed by atoms with van der Waals surface area (Å²) >= 11 is 0. The molecule has 1 heterocycles. The van der Waals surface area contributed by atoms with Gasteiger partial charge in [0.25, 0.3) is 11.8 Å². The zero-order chi connectivity index (χ0) is 15.5. The van der Waals surface area contributed by atoms with Crippen LogP contribution in [0, 0.1) is 0 Å². The molecule has 0 aliphatic heterocycles. The van der Waals surface area contributed by atoms with E-state index in [1.54, 1.807) is 42.5 Å². The van der Waals surface area contributed by atoms with Crippen molar-refractivity contribution in [1.29, 1.82) is 0 Å². The molecule has 108 valence electrons. The molecule has 2 aromatic carbocycles. The Morgan fingerprint density at radius 3 is 2.50 bits per heavy atom. The number of carbonyl (C=O) groups is 2. The second-order valence-corrected chi connectivity index (χ2v) is 4.60. The van der Waals surface area contributed by atoms with Gasteiger partial charge in [-0.25, -0.2) is 9.97 Å². The van der Waals surface area contributed by atoms with Gasteiger partial charge < -0.3 is 11.1 Å². The van der Waals surface area contributed by atoms with Gasteiger partial charge in [-0.15, -0.1) is 0 Å². The zero-order valence-electron chi connectivity index (χ0n) is 11.5. The Bertz CT molecular complexity index is 871. The van der Waals surface area contributed by atoms with Crippen molar-refractivity contribution in [3.05, 3.63) is 66.1 Å². The number of nitrogens with zero attached hydrogens (tertiary/aromatic N) is 2. The van der Waals surface area contributed by atoms with E-state index in [9.17, 15) is 9.59 Å². The van der Waals surface area contributed by atoms with Crippen molar-refractivity contribution in [2.75, 3.05) is 5.32 Å². The van der Waals surface area contributed by atoms with Crippen LogP contribution >= 0.6 is 0 Å². The summed E-state index contributed by atoms with van der Waals surface area (Å²) in [6.45, 7) is 0. The molecule has 0 unspecified atom stereocenters. The van der Waals surface area contributed by atoms with E-state index in [-0.39, 0.29) is 11.3 Å². The van der Waals surface area contributed by atoms with Crippen LogP contribution in [0.25, 0.3) is 10.9 Å². The molecule has 0 saturated carbocycles. The third-order valence-electron chi connectivity index (χ3n) is 3.20. The third kappa shape index (κ3) is 2.49. The molecule has 0 radical (unpaired) electrons. The van der Waals surface area contributed by atoms with E-state index in [1.165, 1.54) is 6.33 Å². The molecule has 6 heteroatoms. The number of fused-ring (bicyclic) bond motifs is 1. The van der Waals surface area contributed by atoms with E-state index in [0.29, 0.717) is 16.6 Å². The van der Waals surface area contributed by atoms with Crippen molar-refractivity contribution in [2.24, 2.45) is 5.73 Å². The summed E-state index contributed by atoms with van der Waals surface area (Å²) in [5, 5.41) is 3.31.